The lowest BCUT2D eigenvalue weighted by Crippen LogP contribution is -2.04. The second-order valence-corrected chi connectivity index (χ2v) is 8.12. The molecule has 0 heterocycles. The molecule has 0 fully saturated rings. The predicted octanol–water partition coefficient (Wildman–Crippen LogP) is 6.71. The number of hydrogen-bond acceptors (Lipinski definition) is 3. The lowest BCUT2D eigenvalue weighted by molar-refractivity contribution is 0.474. The van der Waals surface area contributed by atoms with Crippen LogP contribution in [0.2, 0.25) is 0 Å². The van der Waals surface area contributed by atoms with E-state index in [1.165, 1.54) is 11.1 Å². The highest BCUT2D eigenvalue weighted by molar-refractivity contribution is 8.00. The van der Waals surface area contributed by atoms with Gasteiger partial charge >= 0.3 is 0 Å². The Labute approximate surface area is 175 Å². The van der Waals surface area contributed by atoms with Crippen LogP contribution >= 0.6 is 11.8 Å². The first-order chi connectivity index (χ1) is 14.2. The highest BCUT2D eigenvalue weighted by Crippen LogP contribution is 2.47. The highest BCUT2D eigenvalue weighted by Gasteiger charge is 2.23. The summed E-state index contributed by atoms with van der Waals surface area (Å²) in [6, 6.07) is 35.7. The van der Waals surface area contributed by atoms with Crippen molar-refractivity contribution in [3.05, 3.63) is 131 Å². The first-order valence-corrected chi connectivity index (χ1v) is 10.5. The molecule has 144 valence electrons. The van der Waals surface area contributed by atoms with Gasteiger partial charge in [0, 0.05) is 0 Å². The Morgan fingerprint density at radius 1 is 0.414 bits per heavy atom. The average molecular weight is 399 g/mol. The average Bonchev–Trinajstić information content (AvgIpc) is 2.77. The Balaban J connectivity index is 1.77. The van der Waals surface area contributed by atoms with Crippen LogP contribution in [0.25, 0.3) is 0 Å². The molecule has 0 bridgehead atoms. The van der Waals surface area contributed by atoms with E-state index in [1.54, 1.807) is 24.3 Å². The van der Waals surface area contributed by atoms with Crippen molar-refractivity contribution < 1.29 is 10.2 Å². The Kier molecular flexibility index (Phi) is 5.87. The normalized spacial score (nSPS) is 13.0. The minimum absolute atomic E-state index is 0.0933. The van der Waals surface area contributed by atoms with Crippen molar-refractivity contribution in [2.24, 2.45) is 0 Å². The third-order valence-electron chi connectivity index (χ3n) is 4.87. The van der Waals surface area contributed by atoms with E-state index in [9.17, 15) is 10.2 Å². The molecule has 4 aromatic carbocycles. The number of phenols is 2. The van der Waals surface area contributed by atoms with Gasteiger partial charge in [0.2, 0.25) is 0 Å². The van der Waals surface area contributed by atoms with Crippen LogP contribution in [0, 0.1) is 0 Å². The molecule has 0 spiro atoms. The monoisotopic (exact) mass is 398 g/mol. The fourth-order valence-corrected chi connectivity index (χ4v) is 4.92. The van der Waals surface area contributed by atoms with Gasteiger partial charge in [-0.1, -0.05) is 84.9 Å². The Morgan fingerprint density at radius 2 is 0.724 bits per heavy atom. The molecule has 0 saturated carbocycles. The zero-order valence-electron chi connectivity index (χ0n) is 15.8. The molecule has 0 radical (unpaired) electrons. The molecule has 3 heteroatoms. The minimum Gasteiger partial charge on any atom is -0.508 e. The number of hydrogen-bond donors (Lipinski definition) is 2. The van der Waals surface area contributed by atoms with Gasteiger partial charge in [-0.05, 0) is 46.5 Å². The Morgan fingerprint density at radius 3 is 1.07 bits per heavy atom. The minimum atomic E-state index is 0.0933. The van der Waals surface area contributed by atoms with Crippen molar-refractivity contribution in [1.29, 1.82) is 0 Å². The van der Waals surface area contributed by atoms with Gasteiger partial charge in [0.15, 0.2) is 0 Å². The van der Waals surface area contributed by atoms with Gasteiger partial charge in [-0.2, -0.15) is 0 Å². The van der Waals surface area contributed by atoms with Crippen molar-refractivity contribution in [1.82, 2.24) is 0 Å². The Hall–Kier alpha value is -3.17. The summed E-state index contributed by atoms with van der Waals surface area (Å²) in [5.74, 6) is 0.535. The largest absolute Gasteiger partial charge is 0.508 e. The van der Waals surface area contributed by atoms with Crippen LogP contribution in [0.3, 0.4) is 0 Å². The van der Waals surface area contributed by atoms with Gasteiger partial charge < -0.3 is 10.2 Å². The van der Waals surface area contributed by atoms with Crippen molar-refractivity contribution in [2.75, 3.05) is 0 Å². The molecule has 0 amide bonds. The molecule has 4 rings (SSSR count). The van der Waals surface area contributed by atoms with Crippen molar-refractivity contribution in [3.8, 4) is 11.5 Å². The number of rotatable bonds is 6. The summed E-state index contributed by atoms with van der Waals surface area (Å²) in [5.41, 5.74) is 4.70. The van der Waals surface area contributed by atoms with Gasteiger partial charge in [-0.15, -0.1) is 11.8 Å². The molecular formula is C26H22O2S. The van der Waals surface area contributed by atoms with Crippen molar-refractivity contribution >= 4 is 11.8 Å². The summed E-state index contributed by atoms with van der Waals surface area (Å²) in [5, 5.41) is 19.7. The molecule has 29 heavy (non-hydrogen) atoms. The maximum atomic E-state index is 9.74. The van der Waals surface area contributed by atoms with Crippen LogP contribution in [0.5, 0.6) is 11.5 Å². The molecule has 0 aliphatic carbocycles. The van der Waals surface area contributed by atoms with E-state index < -0.39 is 0 Å². The third-order valence-corrected chi connectivity index (χ3v) is 6.50. The smallest absolute Gasteiger partial charge is 0.115 e. The van der Waals surface area contributed by atoms with E-state index >= 15 is 0 Å². The zero-order valence-corrected chi connectivity index (χ0v) is 16.7. The standard InChI is InChI=1S/C26H22O2S/c27-23-15-11-21(12-16-23)25(19-7-3-1-4-8-19)29-26(20-9-5-2-6-10-20)22-13-17-24(28)18-14-22/h1-18,25-28H. The van der Waals surface area contributed by atoms with Crippen LogP contribution in [0.1, 0.15) is 32.8 Å². The van der Waals surface area contributed by atoms with E-state index in [4.69, 9.17) is 0 Å². The highest BCUT2D eigenvalue weighted by atomic mass is 32.2. The Bertz CT molecular complexity index is 943. The summed E-state index contributed by atoms with van der Waals surface area (Å²) in [6.07, 6.45) is 0. The molecule has 0 aliphatic rings. The SMILES string of the molecule is Oc1ccc(C(SC(c2ccccc2)c2ccc(O)cc2)c2ccccc2)cc1. The van der Waals surface area contributed by atoms with Crippen LogP contribution in [0.15, 0.2) is 109 Å². The molecule has 2 N–H and O–H groups in total. The summed E-state index contributed by atoms with van der Waals surface area (Å²) >= 11 is 1.85. The molecule has 2 unspecified atom stereocenters. The lowest BCUT2D eigenvalue weighted by Gasteiger charge is -2.25. The summed E-state index contributed by atoms with van der Waals surface area (Å²) in [4.78, 5) is 0. The van der Waals surface area contributed by atoms with Gasteiger partial charge in [0.05, 0.1) is 10.5 Å². The van der Waals surface area contributed by atoms with Crippen LogP contribution in [0.4, 0.5) is 0 Å². The van der Waals surface area contributed by atoms with Gasteiger partial charge in [0.25, 0.3) is 0 Å². The fourth-order valence-electron chi connectivity index (χ4n) is 3.39. The van der Waals surface area contributed by atoms with E-state index in [2.05, 4.69) is 48.5 Å². The summed E-state index contributed by atoms with van der Waals surface area (Å²) < 4.78 is 0. The topological polar surface area (TPSA) is 40.5 Å². The van der Waals surface area contributed by atoms with E-state index in [-0.39, 0.29) is 22.0 Å². The summed E-state index contributed by atoms with van der Waals surface area (Å²) in [7, 11) is 0. The zero-order chi connectivity index (χ0) is 20.1. The van der Waals surface area contributed by atoms with Crippen molar-refractivity contribution in [3.63, 3.8) is 0 Å². The van der Waals surface area contributed by atoms with E-state index in [1.807, 2.05) is 48.2 Å². The molecule has 0 aromatic heterocycles. The quantitative estimate of drug-likeness (QED) is 0.379. The van der Waals surface area contributed by atoms with E-state index in [0.29, 0.717) is 0 Å². The molecule has 0 saturated heterocycles. The van der Waals surface area contributed by atoms with Gasteiger partial charge in [-0.25, -0.2) is 0 Å². The lowest BCUT2D eigenvalue weighted by atomic mass is 10.0. The van der Waals surface area contributed by atoms with Gasteiger partial charge in [0.1, 0.15) is 11.5 Å². The van der Waals surface area contributed by atoms with Crippen LogP contribution in [-0.2, 0) is 0 Å². The number of thioether (sulfide) groups is 1. The molecule has 4 aromatic rings. The summed E-state index contributed by atoms with van der Waals surface area (Å²) in [6.45, 7) is 0. The first-order valence-electron chi connectivity index (χ1n) is 9.54. The number of aromatic hydroxyl groups is 2. The maximum absolute atomic E-state index is 9.74. The van der Waals surface area contributed by atoms with Gasteiger partial charge in [-0.3, -0.25) is 0 Å². The third kappa shape index (κ3) is 4.64. The number of benzene rings is 4. The second-order valence-electron chi connectivity index (χ2n) is 6.90. The molecule has 2 nitrogen and oxygen atoms in total. The van der Waals surface area contributed by atoms with Crippen LogP contribution in [-0.4, -0.2) is 10.2 Å². The van der Waals surface area contributed by atoms with Crippen LogP contribution < -0.4 is 0 Å². The molecule has 2 atom stereocenters. The second kappa shape index (κ2) is 8.89. The first kappa shape index (κ1) is 19.2. The maximum Gasteiger partial charge on any atom is 0.115 e. The fraction of sp³-hybridized carbons (Fsp3) is 0.0769. The predicted molar refractivity (Wildman–Crippen MR) is 120 cm³/mol. The molecule has 0 aliphatic heterocycles. The molecular weight excluding hydrogens is 376 g/mol. The van der Waals surface area contributed by atoms with E-state index in [0.717, 1.165) is 11.1 Å². The van der Waals surface area contributed by atoms with Crippen molar-refractivity contribution in [2.45, 2.75) is 10.5 Å². The number of phenolic OH excluding ortho intramolecular Hbond substituents is 2.